The zero-order valence-corrected chi connectivity index (χ0v) is 10.6. The summed E-state index contributed by atoms with van der Waals surface area (Å²) in [6.45, 7) is 2.01. The van der Waals surface area contributed by atoms with Gasteiger partial charge in [-0.2, -0.15) is 13.2 Å². The highest BCUT2D eigenvalue weighted by Crippen LogP contribution is 2.40. The van der Waals surface area contributed by atoms with Crippen LogP contribution in [0.3, 0.4) is 0 Å². The van der Waals surface area contributed by atoms with Crippen molar-refractivity contribution in [2.75, 3.05) is 5.32 Å². The molecule has 0 radical (unpaired) electrons. The number of hydrogen-bond donors (Lipinski definition) is 2. The summed E-state index contributed by atoms with van der Waals surface area (Å²) in [5.41, 5.74) is 5.52. The standard InChI is InChI=1S/C12H13F3N2S/c1-11(4-5-11)17-9-3-2-7(12(13,14)15)6-8(9)10(16)18/h2-3,6,17H,4-5H2,1H3,(H2,16,18). The topological polar surface area (TPSA) is 38.0 Å². The van der Waals surface area contributed by atoms with Gasteiger partial charge in [0.1, 0.15) is 4.99 Å². The molecule has 0 aromatic heterocycles. The molecule has 0 saturated heterocycles. The molecule has 1 aliphatic carbocycles. The highest BCUT2D eigenvalue weighted by molar-refractivity contribution is 7.80. The SMILES string of the molecule is CC1(Nc2ccc(C(F)(F)F)cc2C(N)=S)CC1. The zero-order chi connectivity index (χ0) is 13.6. The summed E-state index contributed by atoms with van der Waals surface area (Å²) < 4.78 is 37.8. The van der Waals surface area contributed by atoms with Crippen LogP contribution < -0.4 is 11.1 Å². The van der Waals surface area contributed by atoms with E-state index < -0.39 is 11.7 Å². The Balaban J connectivity index is 2.38. The largest absolute Gasteiger partial charge is 0.416 e. The highest BCUT2D eigenvalue weighted by Gasteiger charge is 2.38. The molecule has 18 heavy (non-hydrogen) atoms. The predicted molar refractivity (Wildman–Crippen MR) is 68.6 cm³/mol. The van der Waals surface area contributed by atoms with Crippen molar-refractivity contribution in [1.82, 2.24) is 0 Å². The van der Waals surface area contributed by atoms with Crippen LogP contribution in [-0.2, 0) is 6.18 Å². The van der Waals surface area contributed by atoms with Crippen molar-refractivity contribution in [2.45, 2.75) is 31.5 Å². The van der Waals surface area contributed by atoms with E-state index in [1.807, 2.05) is 6.92 Å². The number of anilines is 1. The summed E-state index contributed by atoms with van der Waals surface area (Å²) in [5.74, 6) is 0. The molecule has 0 unspecified atom stereocenters. The molecule has 0 spiro atoms. The molecule has 98 valence electrons. The fourth-order valence-electron chi connectivity index (χ4n) is 1.67. The maximum atomic E-state index is 12.6. The summed E-state index contributed by atoms with van der Waals surface area (Å²) in [7, 11) is 0. The molecule has 6 heteroatoms. The van der Waals surface area contributed by atoms with Crippen molar-refractivity contribution < 1.29 is 13.2 Å². The Morgan fingerprint density at radius 1 is 1.39 bits per heavy atom. The van der Waals surface area contributed by atoms with Gasteiger partial charge in [0.25, 0.3) is 0 Å². The fraction of sp³-hybridized carbons (Fsp3) is 0.417. The molecule has 0 aliphatic heterocycles. The smallest absolute Gasteiger partial charge is 0.389 e. The van der Waals surface area contributed by atoms with Crippen LogP contribution in [0, 0.1) is 0 Å². The van der Waals surface area contributed by atoms with Crippen molar-refractivity contribution in [1.29, 1.82) is 0 Å². The number of rotatable bonds is 3. The van der Waals surface area contributed by atoms with E-state index in [4.69, 9.17) is 18.0 Å². The number of hydrogen-bond acceptors (Lipinski definition) is 2. The molecule has 1 aliphatic rings. The molecular formula is C12H13F3N2S. The minimum atomic E-state index is -4.39. The van der Waals surface area contributed by atoms with E-state index in [1.54, 1.807) is 0 Å². The highest BCUT2D eigenvalue weighted by atomic mass is 32.1. The first-order chi connectivity index (χ1) is 8.21. The van der Waals surface area contributed by atoms with E-state index >= 15 is 0 Å². The third-order valence-electron chi connectivity index (χ3n) is 3.05. The van der Waals surface area contributed by atoms with Crippen molar-refractivity contribution in [3.05, 3.63) is 29.3 Å². The average molecular weight is 274 g/mol. The van der Waals surface area contributed by atoms with Gasteiger partial charge < -0.3 is 11.1 Å². The monoisotopic (exact) mass is 274 g/mol. The van der Waals surface area contributed by atoms with Gasteiger partial charge in [0, 0.05) is 16.8 Å². The van der Waals surface area contributed by atoms with Crippen LogP contribution in [0.1, 0.15) is 30.9 Å². The minimum Gasteiger partial charge on any atom is -0.389 e. The molecule has 1 aromatic carbocycles. The first-order valence-corrected chi connectivity index (χ1v) is 5.91. The Labute approximate surface area is 108 Å². The summed E-state index contributed by atoms with van der Waals surface area (Å²) in [5, 5.41) is 3.19. The van der Waals surface area contributed by atoms with Gasteiger partial charge in [-0.05, 0) is 38.0 Å². The van der Waals surface area contributed by atoms with Crippen LogP contribution in [0.25, 0.3) is 0 Å². The van der Waals surface area contributed by atoms with E-state index in [0.29, 0.717) is 5.69 Å². The zero-order valence-electron chi connectivity index (χ0n) is 9.77. The Bertz CT molecular complexity index is 493. The third kappa shape index (κ3) is 2.75. The third-order valence-corrected chi connectivity index (χ3v) is 3.27. The van der Waals surface area contributed by atoms with Gasteiger partial charge in [-0.3, -0.25) is 0 Å². The van der Waals surface area contributed by atoms with Crippen molar-refractivity contribution in [2.24, 2.45) is 5.73 Å². The lowest BCUT2D eigenvalue weighted by Crippen LogP contribution is -2.21. The average Bonchev–Trinajstić information content (AvgIpc) is 2.94. The summed E-state index contributed by atoms with van der Waals surface area (Å²) in [6, 6.07) is 3.42. The number of nitrogens with one attached hydrogen (secondary N) is 1. The Hall–Kier alpha value is -1.30. The molecular weight excluding hydrogens is 261 g/mol. The molecule has 1 fully saturated rings. The van der Waals surface area contributed by atoms with Gasteiger partial charge >= 0.3 is 6.18 Å². The molecule has 3 N–H and O–H groups in total. The van der Waals surface area contributed by atoms with Crippen molar-refractivity contribution in [3.8, 4) is 0 Å². The van der Waals surface area contributed by atoms with E-state index in [-0.39, 0.29) is 16.1 Å². The number of nitrogens with two attached hydrogens (primary N) is 1. The van der Waals surface area contributed by atoms with Crippen LogP contribution in [0.4, 0.5) is 18.9 Å². The molecule has 2 rings (SSSR count). The van der Waals surface area contributed by atoms with Gasteiger partial charge in [-0.1, -0.05) is 12.2 Å². The summed E-state index contributed by atoms with van der Waals surface area (Å²) >= 11 is 4.81. The molecule has 1 aromatic rings. The first-order valence-electron chi connectivity index (χ1n) is 5.50. The molecule has 0 amide bonds. The lowest BCUT2D eigenvalue weighted by molar-refractivity contribution is -0.137. The number of alkyl halides is 3. The second-order valence-corrected chi connectivity index (χ2v) is 5.25. The van der Waals surface area contributed by atoms with E-state index in [9.17, 15) is 13.2 Å². The van der Waals surface area contributed by atoms with Crippen molar-refractivity contribution >= 4 is 22.9 Å². The maximum Gasteiger partial charge on any atom is 0.416 e. The molecule has 0 atom stereocenters. The summed E-state index contributed by atoms with van der Waals surface area (Å²) in [6.07, 6.45) is -2.41. The Kier molecular flexibility index (Phi) is 3.01. The van der Waals surface area contributed by atoms with Crippen LogP contribution in [0.2, 0.25) is 0 Å². The lowest BCUT2D eigenvalue weighted by Gasteiger charge is -2.18. The predicted octanol–water partition coefficient (Wildman–Crippen LogP) is 3.30. The number of halogens is 3. The number of benzene rings is 1. The molecule has 0 bridgehead atoms. The second kappa shape index (κ2) is 4.12. The van der Waals surface area contributed by atoms with Gasteiger partial charge in [0.2, 0.25) is 0 Å². The molecule has 1 saturated carbocycles. The Morgan fingerprint density at radius 3 is 2.44 bits per heavy atom. The van der Waals surface area contributed by atoms with Crippen LogP contribution >= 0.6 is 12.2 Å². The van der Waals surface area contributed by atoms with E-state index in [1.165, 1.54) is 6.07 Å². The van der Waals surface area contributed by atoms with Crippen molar-refractivity contribution in [3.63, 3.8) is 0 Å². The molecule has 2 nitrogen and oxygen atoms in total. The van der Waals surface area contributed by atoms with E-state index in [0.717, 1.165) is 25.0 Å². The fourth-order valence-corrected chi connectivity index (χ4v) is 1.84. The molecule has 0 heterocycles. The first kappa shape index (κ1) is 13.1. The van der Waals surface area contributed by atoms with Crippen LogP contribution in [-0.4, -0.2) is 10.5 Å². The van der Waals surface area contributed by atoms with Gasteiger partial charge in [0.15, 0.2) is 0 Å². The number of thiocarbonyl (C=S) groups is 1. The quantitative estimate of drug-likeness (QED) is 0.830. The summed E-state index contributed by atoms with van der Waals surface area (Å²) in [4.78, 5) is -0.0344. The second-order valence-electron chi connectivity index (χ2n) is 4.81. The lowest BCUT2D eigenvalue weighted by atomic mass is 10.1. The minimum absolute atomic E-state index is 0.0344. The van der Waals surface area contributed by atoms with Crippen LogP contribution in [0.5, 0.6) is 0 Å². The van der Waals surface area contributed by atoms with E-state index in [2.05, 4.69) is 5.32 Å². The van der Waals surface area contributed by atoms with Gasteiger partial charge in [-0.15, -0.1) is 0 Å². The Morgan fingerprint density at radius 2 is 2.00 bits per heavy atom. The normalized spacial score (nSPS) is 17.3. The van der Waals surface area contributed by atoms with Gasteiger partial charge in [-0.25, -0.2) is 0 Å². The van der Waals surface area contributed by atoms with Gasteiger partial charge in [0.05, 0.1) is 5.56 Å². The maximum absolute atomic E-state index is 12.6. The van der Waals surface area contributed by atoms with Crippen LogP contribution in [0.15, 0.2) is 18.2 Å².